The molecular weight excluding hydrogens is 350 g/mol. The van der Waals surface area contributed by atoms with Crippen LogP contribution in [-0.2, 0) is 7.05 Å². The summed E-state index contributed by atoms with van der Waals surface area (Å²) in [6, 6.07) is 2.12. The van der Waals surface area contributed by atoms with Gasteiger partial charge in [-0.3, -0.25) is 0 Å². The summed E-state index contributed by atoms with van der Waals surface area (Å²) in [6.45, 7) is 6.16. The normalized spacial score (nSPS) is 17.0. The molecule has 0 aromatic carbocycles. The molecule has 0 bridgehead atoms. The lowest BCUT2D eigenvalue weighted by atomic mass is 9.80. The Hall–Kier alpha value is -2.88. The van der Waals surface area contributed by atoms with Crippen LogP contribution in [0.4, 0.5) is 5.95 Å². The molecular formula is C21H25N7. The predicted molar refractivity (Wildman–Crippen MR) is 107 cm³/mol. The van der Waals surface area contributed by atoms with Crippen molar-refractivity contribution in [3.05, 3.63) is 34.5 Å². The summed E-state index contributed by atoms with van der Waals surface area (Å²) in [5.41, 5.74) is 5.13. The van der Waals surface area contributed by atoms with Crippen molar-refractivity contribution in [3.8, 4) is 11.8 Å². The van der Waals surface area contributed by atoms with Gasteiger partial charge in [-0.05, 0) is 63.4 Å². The Kier molecular flexibility index (Phi) is 4.08. The minimum atomic E-state index is 0.573. The minimum absolute atomic E-state index is 0.573. The zero-order valence-electron chi connectivity index (χ0n) is 16.7. The Morgan fingerprint density at radius 1 is 1.00 bits per heavy atom. The molecule has 3 aromatic heterocycles. The summed E-state index contributed by atoms with van der Waals surface area (Å²) in [5, 5.41) is 9.27. The fourth-order valence-electron chi connectivity index (χ4n) is 3.99. The van der Waals surface area contributed by atoms with Crippen LogP contribution in [-0.4, -0.2) is 42.5 Å². The number of imidazole rings is 1. The van der Waals surface area contributed by atoms with E-state index in [0.717, 1.165) is 41.8 Å². The van der Waals surface area contributed by atoms with E-state index in [9.17, 15) is 0 Å². The first-order valence-electron chi connectivity index (χ1n) is 10.1. The molecule has 3 aromatic rings. The number of hydrogen-bond donors (Lipinski definition) is 0. The van der Waals surface area contributed by atoms with Gasteiger partial charge in [0.25, 0.3) is 0 Å². The van der Waals surface area contributed by atoms with Crippen LogP contribution in [0.2, 0.25) is 0 Å². The molecule has 0 spiro atoms. The van der Waals surface area contributed by atoms with Gasteiger partial charge in [-0.1, -0.05) is 6.42 Å². The highest BCUT2D eigenvalue weighted by atomic mass is 15.4. The van der Waals surface area contributed by atoms with Gasteiger partial charge in [-0.25, -0.2) is 14.2 Å². The Bertz CT molecular complexity index is 1100. The predicted octanol–water partition coefficient (Wildman–Crippen LogP) is 2.74. The average Bonchev–Trinajstić information content (AvgIpc) is 3.34. The van der Waals surface area contributed by atoms with Gasteiger partial charge in [0.05, 0.1) is 11.4 Å². The molecule has 1 aliphatic heterocycles. The molecule has 0 N–H and O–H groups in total. The van der Waals surface area contributed by atoms with Crippen molar-refractivity contribution in [1.82, 2.24) is 29.4 Å². The molecule has 4 heterocycles. The van der Waals surface area contributed by atoms with Crippen LogP contribution in [0.1, 0.15) is 66.5 Å². The molecule has 1 saturated carbocycles. The topological polar surface area (TPSA) is 64.1 Å². The molecule has 2 aliphatic rings. The van der Waals surface area contributed by atoms with Gasteiger partial charge in [0.1, 0.15) is 5.69 Å². The molecule has 2 fully saturated rings. The number of nitrogens with zero attached hydrogens (tertiary/aromatic N) is 7. The number of rotatable bonds is 2. The molecule has 28 heavy (non-hydrogen) atoms. The van der Waals surface area contributed by atoms with E-state index in [4.69, 9.17) is 10.1 Å². The van der Waals surface area contributed by atoms with E-state index in [1.54, 1.807) is 4.68 Å². The second-order valence-electron chi connectivity index (χ2n) is 7.93. The van der Waals surface area contributed by atoms with Crippen molar-refractivity contribution in [1.29, 1.82) is 0 Å². The van der Waals surface area contributed by atoms with Gasteiger partial charge in [-0.2, -0.15) is 10.1 Å². The fourth-order valence-corrected chi connectivity index (χ4v) is 3.99. The second kappa shape index (κ2) is 6.62. The summed E-state index contributed by atoms with van der Waals surface area (Å²) in [7, 11) is 1.90. The third-order valence-electron chi connectivity index (χ3n) is 6.06. The Morgan fingerprint density at radius 3 is 2.50 bits per heavy atom. The largest absolute Gasteiger partial charge is 0.340 e. The fraction of sp³-hybridized carbons (Fsp3) is 0.524. The number of aryl methyl sites for hydroxylation is 3. The molecule has 0 amide bonds. The van der Waals surface area contributed by atoms with E-state index in [1.165, 1.54) is 37.7 Å². The highest BCUT2D eigenvalue weighted by molar-refractivity contribution is 5.54. The molecule has 7 nitrogen and oxygen atoms in total. The van der Waals surface area contributed by atoms with E-state index in [0.29, 0.717) is 11.7 Å². The number of anilines is 1. The van der Waals surface area contributed by atoms with E-state index < -0.39 is 0 Å². The molecule has 0 radical (unpaired) electrons. The first-order chi connectivity index (χ1) is 13.6. The van der Waals surface area contributed by atoms with Crippen molar-refractivity contribution in [2.24, 2.45) is 7.05 Å². The molecule has 7 heteroatoms. The number of hydrogen-bond acceptors (Lipinski definition) is 5. The highest BCUT2D eigenvalue weighted by Gasteiger charge is 2.24. The Labute approximate surface area is 164 Å². The summed E-state index contributed by atoms with van der Waals surface area (Å²) >= 11 is 0. The smallest absolute Gasteiger partial charge is 0.245 e. The van der Waals surface area contributed by atoms with Crippen LogP contribution >= 0.6 is 0 Å². The van der Waals surface area contributed by atoms with Crippen LogP contribution in [0, 0.1) is 25.7 Å². The van der Waals surface area contributed by atoms with E-state index in [2.05, 4.69) is 39.8 Å². The lowest BCUT2D eigenvalue weighted by Gasteiger charge is -2.26. The molecule has 1 saturated heterocycles. The zero-order valence-corrected chi connectivity index (χ0v) is 16.7. The lowest BCUT2D eigenvalue weighted by molar-refractivity contribution is 0.420. The standard InChI is InChI=1S/C21H25N7/c1-14-15(2)28-20(22-14)18(16-7-6-8-16)13-17(24-28)9-10-19-23-21(25-26(19)3)27-11-4-5-12-27/h13,16H,4-8,11-12H2,1-3H3. The monoisotopic (exact) mass is 375 g/mol. The van der Waals surface area contributed by atoms with Crippen molar-refractivity contribution < 1.29 is 0 Å². The Morgan fingerprint density at radius 2 is 1.79 bits per heavy atom. The Balaban J connectivity index is 1.53. The van der Waals surface area contributed by atoms with E-state index >= 15 is 0 Å². The maximum absolute atomic E-state index is 4.76. The molecule has 0 unspecified atom stereocenters. The molecule has 1 aliphatic carbocycles. The SMILES string of the molecule is Cc1nc2c(C3CCC3)cc(C#Cc3nc(N4CCCC4)nn3C)nn2c1C. The molecule has 5 rings (SSSR count). The van der Waals surface area contributed by atoms with Crippen molar-refractivity contribution in [2.75, 3.05) is 18.0 Å². The van der Waals surface area contributed by atoms with Crippen LogP contribution in [0.3, 0.4) is 0 Å². The quantitative estimate of drug-likeness (QED) is 0.645. The molecule has 144 valence electrons. The first kappa shape index (κ1) is 17.2. The zero-order chi connectivity index (χ0) is 19.3. The summed E-state index contributed by atoms with van der Waals surface area (Å²) in [5.74, 6) is 8.44. The molecule has 0 atom stereocenters. The van der Waals surface area contributed by atoms with E-state index in [-0.39, 0.29) is 0 Å². The van der Waals surface area contributed by atoms with Crippen LogP contribution in [0.25, 0.3) is 5.65 Å². The summed E-state index contributed by atoms with van der Waals surface area (Å²) < 4.78 is 3.72. The third-order valence-corrected chi connectivity index (χ3v) is 6.06. The number of aromatic nitrogens is 6. The maximum Gasteiger partial charge on any atom is 0.245 e. The van der Waals surface area contributed by atoms with Crippen molar-refractivity contribution in [3.63, 3.8) is 0 Å². The lowest BCUT2D eigenvalue weighted by Crippen LogP contribution is -2.19. The van der Waals surface area contributed by atoms with Gasteiger partial charge >= 0.3 is 0 Å². The van der Waals surface area contributed by atoms with Crippen molar-refractivity contribution in [2.45, 2.75) is 51.9 Å². The maximum atomic E-state index is 4.76. The highest BCUT2D eigenvalue weighted by Crippen LogP contribution is 2.38. The van der Waals surface area contributed by atoms with Gasteiger partial charge in [0.2, 0.25) is 11.8 Å². The average molecular weight is 375 g/mol. The number of fused-ring (bicyclic) bond motifs is 1. The van der Waals surface area contributed by atoms with E-state index in [1.807, 2.05) is 18.5 Å². The van der Waals surface area contributed by atoms with Crippen LogP contribution < -0.4 is 4.90 Å². The van der Waals surface area contributed by atoms with Gasteiger partial charge in [0, 0.05) is 25.7 Å². The van der Waals surface area contributed by atoms with Crippen LogP contribution in [0.15, 0.2) is 6.07 Å². The third kappa shape index (κ3) is 2.84. The van der Waals surface area contributed by atoms with Crippen molar-refractivity contribution >= 4 is 11.6 Å². The second-order valence-corrected chi connectivity index (χ2v) is 7.93. The first-order valence-corrected chi connectivity index (χ1v) is 10.1. The van der Waals surface area contributed by atoms with Gasteiger partial charge in [0.15, 0.2) is 5.65 Å². The van der Waals surface area contributed by atoms with Crippen LogP contribution in [0.5, 0.6) is 0 Å². The van der Waals surface area contributed by atoms with Gasteiger partial charge < -0.3 is 4.90 Å². The van der Waals surface area contributed by atoms with Gasteiger partial charge in [-0.15, -0.1) is 5.10 Å². The summed E-state index contributed by atoms with van der Waals surface area (Å²) in [4.78, 5) is 11.6. The summed E-state index contributed by atoms with van der Waals surface area (Å²) in [6.07, 6.45) is 6.14. The minimum Gasteiger partial charge on any atom is -0.340 e.